The molecule has 2 atom stereocenters. The number of hydrogen-bond donors (Lipinski definition) is 0. The molecule has 0 aromatic heterocycles. The lowest BCUT2D eigenvalue weighted by molar-refractivity contribution is -0.167. The summed E-state index contributed by atoms with van der Waals surface area (Å²) < 4.78 is 16.9. The van der Waals surface area contributed by atoms with Crippen molar-refractivity contribution < 1.29 is 28.6 Å². The fourth-order valence-corrected chi connectivity index (χ4v) is 9.02. The summed E-state index contributed by atoms with van der Waals surface area (Å²) in [6.07, 6.45) is 55.1. The lowest BCUT2D eigenvalue weighted by Gasteiger charge is -2.18. The fourth-order valence-electron chi connectivity index (χ4n) is 9.02. The molecule has 0 aromatic carbocycles. The van der Waals surface area contributed by atoms with E-state index < -0.39 is 6.10 Å². The topological polar surface area (TPSA) is 78.9 Å². The highest BCUT2D eigenvalue weighted by molar-refractivity contribution is 5.71. The molecule has 0 aliphatic carbocycles. The molecule has 0 heterocycles. The van der Waals surface area contributed by atoms with Crippen molar-refractivity contribution in [3.63, 3.8) is 0 Å². The van der Waals surface area contributed by atoms with Crippen LogP contribution < -0.4 is 0 Å². The number of esters is 3. The first-order valence-electron chi connectivity index (χ1n) is 29.3. The van der Waals surface area contributed by atoms with E-state index in [1.165, 1.54) is 218 Å². The van der Waals surface area contributed by atoms with Crippen LogP contribution >= 0.6 is 0 Å². The van der Waals surface area contributed by atoms with Crippen LogP contribution in [0, 0.1) is 11.8 Å². The van der Waals surface area contributed by atoms with E-state index in [9.17, 15) is 14.4 Å². The average molecular weight is 920 g/mol. The van der Waals surface area contributed by atoms with Crippen molar-refractivity contribution in [3.8, 4) is 0 Å². The van der Waals surface area contributed by atoms with E-state index >= 15 is 0 Å². The maximum Gasteiger partial charge on any atom is 0.306 e. The van der Waals surface area contributed by atoms with Crippen molar-refractivity contribution >= 4 is 17.9 Å². The van der Waals surface area contributed by atoms with Gasteiger partial charge in [0.1, 0.15) is 13.2 Å². The molecule has 0 fully saturated rings. The molecule has 6 heteroatoms. The quantitative estimate of drug-likeness (QED) is 0.0344. The summed E-state index contributed by atoms with van der Waals surface area (Å²) >= 11 is 0. The maximum absolute atomic E-state index is 12.8. The number of unbranched alkanes of at least 4 members (excludes halogenated alkanes) is 37. The Labute approximate surface area is 406 Å². The molecule has 0 aromatic rings. The zero-order valence-corrected chi connectivity index (χ0v) is 44.6. The van der Waals surface area contributed by atoms with Gasteiger partial charge in [-0.2, -0.15) is 0 Å². The van der Waals surface area contributed by atoms with Crippen LogP contribution in [0.3, 0.4) is 0 Å². The van der Waals surface area contributed by atoms with E-state index in [-0.39, 0.29) is 31.1 Å². The Kier molecular flexibility index (Phi) is 50.5. The van der Waals surface area contributed by atoms with E-state index in [0.717, 1.165) is 69.6 Å². The molecular weight excluding hydrogens is 805 g/mol. The molecular formula is C59H114O6. The van der Waals surface area contributed by atoms with E-state index in [1.54, 1.807) is 0 Å². The third-order valence-electron chi connectivity index (χ3n) is 13.8. The van der Waals surface area contributed by atoms with Crippen molar-refractivity contribution in [2.45, 2.75) is 336 Å². The smallest absolute Gasteiger partial charge is 0.306 e. The molecule has 0 rings (SSSR count). The first-order valence-corrected chi connectivity index (χ1v) is 29.3. The molecule has 6 nitrogen and oxygen atoms in total. The third kappa shape index (κ3) is 51.6. The standard InChI is InChI=1S/C59H114O6/c1-6-8-9-10-11-12-13-14-15-19-24-29-34-39-44-49-57(60)63-52-56(65-59(62)51-46-41-36-31-26-21-22-27-32-37-42-47-54(3)4)53-64-58(61)50-45-40-35-30-25-20-17-16-18-23-28-33-38-43-48-55(5)7-2/h54-56H,6-53H2,1-5H3/t55?,56-/m1/s1. The maximum atomic E-state index is 12.8. The second-order valence-corrected chi connectivity index (χ2v) is 21.0. The first kappa shape index (κ1) is 63.4. The zero-order valence-electron chi connectivity index (χ0n) is 44.6. The minimum absolute atomic E-state index is 0.0627. The minimum Gasteiger partial charge on any atom is -0.462 e. The molecule has 65 heavy (non-hydrogen) atoms. The molecule has 386 valence electrons. The third-order valence-corrected chi connectivity index (χ3v) is 13.8. The molecule has 0 radical (unpaired) electrons. The Balaban J connectivity index is 4.29. The van der Waals surface area contributed by atoms with Gasteiger partial charge in [0.05, 0.1) is 0 Å². The van der Waals surface area contributed by atoms with Crippen molar-refractivity contribution in [1.82, 2.24) is 0 Å². The van der Waals surface area contributed by atoms with Crippen molar-refractivity contribution in [2.75, 3.05) is 13.2 Å². The summed E-state index contributed by atoms with van der Waals surface area (Å²) in [6, 6.07) is 0. The van der Waals surface area contributed by atoms with E-state index in [4.69, 9.17) is 14.2 Å². The van der Waals surface area contributed by atoms with Crippen molar-refractivity contribution in [2.24, 2.45) is 11.8 Å². The van der Waals surface area contributed by atoms with E-state index in [0.29, 0.717) is 19.3 Å². The molecule has 1 unspecified atom stereocenters. The Hall–Kier alpha value is -1.59. The number of carbonyl (C=O) groups is 3. The Morgan fingerprint density at radius 1 is 0.323 bits per heavy atom. The monoisotopic (exact) mass is 919 g/mol. The molecule has 0 amide bonds. The second kappa shape index (κ2) is 51.8. The molecule has 0 aliphatic rings. The highest BCUT2D eigenvalue weighted by Gasteiger charge is 2.19. The summed E-state index contributed by atoms with van der Waals surface area (Å²) in [4.78, 5) is 38.1. The Morgan fingerprint density at radius 3 is 0.877 bits per heavy atom. The molecule has 0 N–H and O–H groups in total. The summed E-state index contributed by atoms with van der Waals surface area (Å²) in [5.41, 5.74) is 0. The lowest BCUT2D eigenvalue weighted by Crippen LogP contribution is -2.30. The second-order valence-electron chi connectivity index (χ2n) is 21.0. The van der Waals surface area contributed by atoms with E-state index in [1.807, 2.05) is 0 Å². The van der Waals surface area contributed by atoms with Gasteiger partial charge in [0.15, 0.2) is 6.10 Å². The highest BCUT2D eigenvalue weighted by Crippen LogP contribution is 2.19. The van der Waals surface area contributed by atoms with Gasteiger partial charge in [-0.15, -0.1) is 0 Å². The molecule has 0 aliphatic heterocycles. The van der Waals surface area contributed by atoms with Gasteiger partial charge in [0.2, 0.25) is 0 Å². The van der Waals surface area contributed by atoms with Gasteiger partial charge in [-0.1, -0.05) is 291 Å². The number of rotatable bonds is 53. The van der Waals surface area contributed by atoms with Crippen LogP contribution in [0.5, 0.6) is 0 Å². The van der Waals surface area contributed by atoms with Gasteiger partial charge in [0.25, 0.3) is 0 Å². The number of ether oxygens (including phenoxy) is 3. The predicted molar refractivity (Wildman–Crippen MR) is 280 cm³/mol. The largest absolute Gasteiger partial charge is 0.462 e. The van der Waals surface area contributed by atoms with Crippen LogP contribution in [-0.4, -0.2) is 37.2 Å². The van der Waals surface area contributed by atoms with Crippen LogP contribution in [0.4, 0.5) is 0 Å². The molecule has 0 saturated heterocycles. The molecule has 0 bridgehead atoms. The zero-order chi connectivity index (χ0) is 47.5. The summed E-state index contributed by atoms with van der Waals surface area (Å²) in [6.45, 7) is 11.4. The van der Waals surface area contributed by atoms with Crippen LogP contribution in [0.2, 0.25) is 0 Å². The Morgan fingerprint density at radius 2 is 0.585 bits per heavy atom. The van der Waals surface area contributed by atoms with Crippen LogP contribution in [0.1, 0.15) is 330 Å². The fraction of sp³-hybridized carbons (Fsp3) is 0.949. The van der Waals surface area contributed by atoms with Gasteiger partial charge >= 0.3 is 17.9 Å². The first-order chi connectivity index (χ1) is 31.8. The minimum atomic E-state index is -0.763. The molecule has 0 saturated carbocycles. The molecule has 0 spiro atoms. The highest BCUT2D eigenvalue weighted by atomic mass is 16.6. The van der Waals surface area contributed by atoms with Gasteiger partial charge in [-0.25, -0.2) is 0 Å². The van der Waals surface area contributed by atoms with Crippen molar-refractivity contribution in [1.29, 1.82) is 0 Å². The van der Waals surface area contributed by atoms with Crippen LogP contribution in [0.25, 0.3) is 0 Å². The van der Waals surface area contributed by atoms with Gasteiger partial charge in [-0.3, -0.25) is 14.4 Å². The average Bonchev–Trinajstić information content (AvgIpc) is 3.29. The van der Waals surface area contributed by atoms with E-state index in [2.05, 4.69) is 34.6 Å². The summed E-state index contributed by atoms with van der Waals surface area (Å²) in [5, 5.41) is 0. The predicted octanol–water partition coefficient (Wildman–Crippen LogP) is 19.3. The normalized spacial score (nSPS) is 12.5. The van der Waals surface area contributed by atoms with Crippen molar-refractivity contribution in [3.05, 3.63) is 0 Å². The summed E-state index contributed by atoms with van der Waals surface area (Å²) in [7, 11) is 0. The Bertz CT molecular complexity index is 995. The summed E-state index contributed by atoms with van der Waals surface area (Å²) in [5.74, 6) is 0.882. The lowest BCUT2D eigenvalue weighted by atomic mass is 9.99. The van der Waals surface area contributed by atoms with Gasteiger partial charge in [0, 0.05) is 19.3 Å². The number of carbonyl (C=O) groups excluding carboxylic acids is 3. The van der Waals surface area contributed by atoms with Crippen LogP contribution in [-0.2, 0) is 28.6 Å². The van der Waals surface area contributed by atoms with Gasteiger partial charge in [-0.05, 0) is 31.1 Å². The number of hydrogen-bond acceptors (Lipinski definition) is 6. The van der Waals surface area contributed by atoms with Gasteiger partial charge < -0.3 is 14.2 Å². The van der Waals surface area contributed by atoms with Crippen LogP contribution in [0.15, 0.2) is 0 Å². The SMILES string of the molecule is CCCCCCCCCCCCCCCCCC(=O)OC[C@H](COC(=O)CCCCCCCCCCCCCCCCC(C)CC)OC(=O)CCCCCCCCCCCCCC(C)C.